The highest BCUT2D eigenvalue weighted by Crippen LogP contribution is 2.12. The third-order valence-corrected chi connectivity index (χ3v) is 2.57. The number of pyridine rings is 1. The number of halogens is 1. The summed E-state index contributed by atoms with van der Waals surface area (Å²) in [6, 6.07) is 5.13. The number of anilines is 1. The molecule has 0 saturated heterocycles. The summed E-state index contributed by atoms with van der Waals surface area (Å²) in [5.41, 5.74) is -0.169. The number of carboxylic acid groups (broad SMARTS) is 1. The average Bonchev–Trinajstić information content (AvgIpc) is 2.39. The summed E-state index contributed by atoms with van der Waals surface area (Å²) in [6.07, 6.45) is 2.56. The number of aliphatic carboxylic acids is 1. The molecule has 1 amide bonds. The van der Waals surface area contributed by atoms with Crippen molar-refractivity contribution >= 4 is 33.6 Å². The maximum absolute atomic E-state index is 11.6. The summed E-state index contributed by atoms with van der Waals surface area (Å²) >= 11 is 3.26. The third-order valence-electron chi connectivity index (χ3n) is 2.08. The molecule has 0 aliphatic heterocycles. The highest BCUT2D eigenvalue weighted by atomic mass is 79.9. The van der Waals surface area contributed by atoms with E-state index in [-0.39, 0.29) is 18.5 Å². The molecule has 0 fully saturated rings. The quantitative estimate of drug-likeness (QED) is 0.531. The van der Waals surface area contributed by atoms with Gasteiger partial charge in [-0.3, -0.25) is 9.59 Å². The topological polar surface area (TPSA) is 115 Å². The Morgan fingerprint density at radius 2 is 2.30 bits per heavy atom. The van der Waals surface area contributed by atoms with Crippen molar-refractivity contribution in [3.63, 3.8) is 0 Å². The van der Waals surface area contributed by atoms with Crippen LogP contribution in [-0.4, -0.2) is 28.5 Å². The first-order chi connectivity index (χ1) is 9.52. The summed E-state index contributed by atoms with van der Waals surface area (Å²) in [5, 5.41) is 22.4. The zero-order chi connectivity index (χ0) is 15.0. The lowest BCUT2D eigenvalue weighted by Gasteiger charge is -2.03. The number of hydrogen-bond donors (Lipinski definition) is 3. The van der Waals surface area contributed by atoms with Crippen LogP contribution in [0.5, 0.6) is 0 Å². The molecule has 7 nitrogen and oxygen atoms in total. The Morgan fingerprint density at radius 1 is 1.55 bits per heavy atom. The van der Waals surface area contributed by atoms with Gasteiger partial charge in [-0.1, -0.05) is 15.9 Å². The van der Waals surface area contributed by atoms with E-state index in [0.717, 1.165) is 4.47 Å². The van der Waals surface area contributed by atoms with E-state index in [2.05, 4.69) is 31.5 Å². The molecular weight excluding hydrogens is 328 g/mol. The number of nitriles is 1. The van der Waals surface area contributed by atoms with Crippen LogP contribution in [0.3, 0.4) is 0 Å². The average molecular weight is 339 g/mol. The third kappa shape index (κ3) is 5.49. The van der Waals surface area contributed by atoms with Gasteiger partial charge in [0, 0.05) is 23.4 Å². The number of carboxylic acids is 1. The Balaban J connectivity index is 2.61. The zero-order valence-corrected chi connectivity index (χ0v) is 11.8. The minimum atomic E-state index is -1.02. The van der Waals surface area contributed by atoms with Gasteiger partial charge in [-0.25, -0.2) is 4.98 Å². The van der Waals surface area contributed by atoms with Crippen molar-refractivity contribution in [1.29, 1.82) is 5.26 Å². The summed E-state index contributed by atoms with van der Waals surface area (Å²) in [7, 11) is 0. The van der Waals surface area contributed by atoms with Crippen LogP contribution in [0.4, 0.5) is 5.82 Å². The molecule has 104 valence electrons. The maximum atomic E-state index is 11.6. The summed E-state index contributed by atoms with van der Waals surface area (Å²) in [4.78, 5) is 25.9. The monoisotopic (exact) mass is 338 g/mol. The number of nitrogens with zero attached hydrogens (tertiary/aromatic N) is 2. The van der Waals surface area contributed by atoms with Crippen molar-refractivity contribution in [3.05, 3.63) is 34.6 Å². The first-order valence-corrected chi connectivity index (χ1v) is 6.30. The lowest BCUT2D eigenvalue weighted by Crippen LogP contribution is -2.27. The van der Waals surface area contributed by atoms with Gasteiger partial charge in [-0.15, -0.1) is 0 Å². The molecular formula is C12H11BrN4O3. The van der Waals surface area contributed by atoms with Gasteiger partial charge in [-0.2, -0.15) is 5.26 Å². The Hall–Kier alpha value is -2.40. The molecule has 0 aromatic carbocycles. The normalized spacial score (nSPS) is 10.5. The van der Waals surface area contributed by atoms with Crippen molar-refractivity contribution in [2.75, 3.05) is 11.9 Å². The van der Waals surface area contributed by atoms with Crippen LogP contribution in [0.25, 0.3) is 0 Å². The van der Waals surface area contributed by atoms with Crippen molar-refractivity contribution in [1.82, 2.24) is 10.3 Å². The molecule has 0 spiro atoms. The van der Waals surface area contributed by atoms with E-state index in [1.165, 1.54) is 6.20 Å². The van der Waals surface area contributed by atoms with Crippen LogP contribution >= 0.6 is 15.9 Å². The zero-order valence-electron chi connectivity index (χ0n) is 10.3. The molecule has 0 aliphatic carbocycles. The fraction of sp³-hybridized carbons (Fsp3) is 0.167. The Morgan fingerprint density at radius 3 is 2.90 bits per heavy atom. The molecule has 20 heavy (non-hydrogen) atoms. The molecule has 0 aliphatic rings. The fourth-order valence-electron chi connectivity index (χ4n) is 1.16. The second kappa shape index (κ2) is 7.91. The van der Waals surface area contributed by atoms with Crippen LogP contribution in [-0.2, 0) is 9.59 Å². The standard InChI is InChI=1S/C12H11BrN4O3/c13-9-1-3-15-10(5-9)17-7-8(6-14)12(20)16-4-2-11(18)19/h1,3,5,7H,2,4H2,(H,15,17)(H,16,20)(H,18,19)/b8-7-. The van der Waals surface area contributed by atoms with Gasteiger partial charge in [0.2, 0.25) is 0 Å². The predicted molar refractivity (Wildman–Crippen MR) is 74.5 cm³/mol. The second-order valence-corrected chi connectivity index (χ2v) is 4.49. The molecule has 0 unspecified atom stereocenters. The Labute approximate surface area is 123 Å². The molecule has 0 bridgehead atoms. The van der Waals surface area contributed by atoms with Crippen LogP contribution in [0.2, 0.25) is 0 Å². The lowest BCUT2D eigenvalue weighted by molar-refractivity contribution is -0.136. The highest BCUT2D eigenvalue weighted by molar-refractivity contribution is 9.10. The molecule has 3 N–H and O–H groups in total. The van der Waals surface area contributed by atoms with Crippen LogP contribution < -0.4 is 10.6 Å². The van der Waals surface area contributed by atoms with Crippen LogP contribution in [0.15, 0.2) is 34.6 Å². The molecule has 0 radical (unpaired) electrons. The van der Waals surface area contributed by atoms with Crippen molar-refractivity contribution < 1.29 is 14.7 Å². The first-order valence-electron chi connectivity index (χ1n) is 5.51. The lowest BCUT2D eigenvalue weighted by atomic mass is 10.3. The van der Waals surface area contributed by atoms with Gasteiger partial charge in [0.15, 0.2) is 0 Å². The second-order valence-electron chi connectivity index (χ2n) is 3.57. The number of nitrogens with one attached hydrogen (secondary N) is 2. The number of carbonyl (C=O) groups is 2. The summed E-state index contributed by atoms with van der Waals surface area (Å²) in [5.74, 6) is -1.20. The van der Waals surface area contributed by atoms with Gasteiger partial charge in [-0.05, 0) is 12.1 Å². The molecule has 1 rings (SSSR count). The Kier molecular flexibility index (Phi) is 6.19. The van der Waals surface area contributed by atoms with Gasteiger partial charge < -0.3 is 15.7 Å². The SMILES string of the molecule is N#C/C(=C/Nc1cc(Br)ccn1)C(=O)NCCC(=O)O. The van der Waals surface area contributed by atoms with E-state index in [1.54, 1.807) is 24.4 Å². The summed E-state index contributed by atoms with van der Waals surface area (Å²) in [6.45, 7) is -0.0394. The van der Waals surface area contributed by atoms with E-state index < -0.39 is 11.9 Å². The van der Waals surface area contributed by atoms with E-state index in [0.29, 0.717) is 5.82 Å². The maximum Gasteiger partial charge on any atom is 0.305 e. The highest BCUT2D eigenvalue weighted by Gasteiger charge is 2.09. The van der Waals surface area contributed by atoms with Crippen molar-refractivity contribution in [2.45, 2.75) is 6.42 Å². The van der Waals surface area contributed by atoms with Crippen molar-refractivity contribution in [3.8, 4) is 6.07 Å². The fourth-order valence-corrected chi connectivity index (χ4v) is 1.49. The van der Waals surface area contributed by atoms with Crippen molar-refractivity contribution in [2.24, 2.45) is 0 Å². The van der Waals surface area contributed by atoms with Gasteiger partial charge in [0.25, 0.3) is 5.91 Å². The molecule has 1 heterocycles. The van der Waals surface area contributed by atoms with E-state index in [4.69, 9.17) is 10.4 Å². The van der Waals surface area contributed by atoms with Gasteiger partial charge >= 0.3 is 5.97 Å². The predicted octanol–water partition coefficient (Wildman–Crippen LogP) is 1.25. The van der Waals surface area contributed by atoms with E-state index in [9.17, 15) is 9.59 Å². The molecule has 8 heteroatoms. The molecule has 1 aromatic heterocycles. The number of aromatic nitrogens is 1. The first kappa shape index (κ1) is 15.7. The van der Waals surface area contributed by atoms with Gasteiger partial charge in [0.05, 0.1) is 6.42 Å². The molecule has 0 saturated carbocycles. The van der Waals surface area contributed by atoms with Gasteiger partial charge in [0.1, 0.15) is 17.5 Å². The minimum absolute atomic E-state index is 0.0394. The van der Waals surface area contributed by atoms with E-state index >= 15 is 0 Å². The van der Waals surface area contributed by atoms with E-state index in [1.807, 2.05) is 0 Å². The molecule has 1 aromatic rings. The molecule has 0 atom stereocenters. The number of amides is 1. The Bertz CT molecular complexity index is 580. The smallest absolute Gasteiger partial charge is 0.305 e. The van der Waals surface area contributed by atoms with Crippen LogP contribution in [0.1, 0.15) is 6.42 Å². The largest absolute Gasteiger partial charge is 0.481 e. The number of rotatable bonds is 6. The summed E-state index contributed by atoms with van der Waals surface area (Å²) < 4.78 is 0.799. The number of carbonyl (C=O) groups excluding carboxylic acids is 1. The number of hydrogen-bond acceptors (Lipinski definition) is 5. The van der Waals surface area contributed by atoms with Crippen LogP contribution in [0, 0.1) is 11.3 Å². The minimum Gasteiger partial charge on any atom is -0.481 e.